The van der Waals surface area contributed by atoms with Gasteiger partial charge in [-0.1, -0.05) is 0 Å². The Morgan fingerprint density at radius 1 is 1.26 bits per heavy atom. The van der Waals surface area contributed by atoms with Gasteiger partial charge in [0, 0.05) is 30.7 Å². The summed E-state index contributed by atoms with van der Waals surface area (Å²) in [6.07, 6.45) is 0.164. The lowest BCUT2D eigenvalue weighted by Crippen LogP contribution is -2.45. The molecule has 0 atom stereocenters. The van der Waals surface area contributed by atoms with Crippen LogP contribution in [0.3, 0.4) is 0 Å². The summed E-state index contributed by atoms with van der Waals surface area (Å²) >= 11 is 0. The molecule has 0 bridgehead atoms. The smallest absolute Gasteiger partial charge is 0.319 e. The number of ether oxygens (including phenoxy) is 1. The summed E-state index contributed by atoms with van der Waals surface area (Å²) in [5.74, 6) is -2.09. The lowest BCUT2D eigenvalue weighted by molar-refractivity contribution is -0.137. The number of urea groups is 1. The number of anilines is 1. The van der Waals surface area contributed by atoms with E-state index >= 15 is 0 Å². The van der Waals surface area contributed by atoms with Gasteiger partial charge in [0.2, 0.25) is 0 Å². The maximum atomic E-state index is 14.3. The molecule has 0 saturated carbocycles. The van der Waals surface area contributed by atoms with Gasteiger partial charge in [-0.05, 0) is 38.5 Å². The second-order valence-electron chi connectivity index (χ2n) is 6.96. The number of carbonyl (C=O) groups excluding carboxylic acids is 2. The van der Waals surface area contributed by atoms with E-state index in [1.807, 2.05) is 0 Å². The molecule has 0 radical (unpaired) electrons. The van der Waals surface area contributed by atoms with E-state index in [0.29, 0.717) is 26.3 Å². The molecule has 0 unspecified atom stereocenters. The Balaban J connectivity index is 1.97. The Morgan fingerprint density at radius 3 is 2.52 bits per heavy atom. The van der Waals surface area contributed by atoms with Gasteiger partial charge in [-0.2, -0.15) is 0 Å². The minimum absolute atomic E-state index is 0.0651. The number of rotatable bonds is 6. The first-order valence-corrected chi connectivity index (χ1v) is 8.65. The van der Waals surface area contributed by atoms with Crippen molar-refractivity contribution in [3.63, 3.8) is 0 Å². The van der Waals surface area contributed by atoms with Gasteiger partial charge in [-0.15, -0.1) is 0 Å². The summed E-state index contributed by atoms with van der Waals surface area (Å²) in [6.45, 7) is 5.05. The molecule has 2 rings (SSSR count). The minimum Gasteiger partial charge on any atom is -0.481 e. The summed E-state index contributed by atoms with van der Waals surface area (Å²) in [5.41, 5.74) is -0.616. The first-order chi connectivity index (χ1) is 12.7. The topological polar surface area (TPSA) is 108 Å². The van der Waals surface area contributed by atoms with Crippen LogP contribution in [0.4, 0.5) is 14.9 Å². The van der Waals surface area contributed by atoms with Crippen molar-refractivity contribution in [3.05, 3.63) is 29.6 Å². The van der Waals surface area contributed by atoms with E-state index in [1.54, 1.807) is 13.8 Å². The molecule has 9 heteroatoms. The molecule has 1 saturated heterocycles. The van der Waals surface area contributed by atoms with Crippen molar-refractivity contribution in [2.45, 2.75) is 32.2 Å². The van der Waals surface area contributed by atoms with Crippen LogP contribution in [0.15, 0.2) is 18.2 Å². The Labute approximate surface area is 156 Å². The summed E-state index contributed by atoms with van der Waals surface area (Å²) in [4.78, 5) is 36.6. The van der Waals surface area contributed by atoms with Gasteiger partial charge >= 0.3 is 12.0 Å². The third-order valence-electron chi connectivity index (χ3n) is 4.17. The fourth-order valence-electron chi connectivity index (χ4n) is 2.65. The van der Waals surface area contributed by atoms with Crippen LogP contribution in [0.1, 0.15) is 37.0 Å². The number of nitrogens with one attached hydrogen (secondary N) is 2. The van der Waals surface area contributed by atoms with E-state index in [9.17, 15) is 18.8 Å². The monoisotopic (exact) mass is 381 g/mol. The Bertz CT molecular complexity index is 717. The van der Waals surface area contributed by atoms with Crippen molar-refractivity contribution in [1.82, 2.24) is 10.2 Å². The summed E-state index contributed by atoms with van der Waals surface area (Å²) < 4.78 is 19.5. The molecule has 148 valence electrons. The predicted molar refractivity (Wildman–Crippen MR) is 96.2 cm³/mol. The van der Waals surface area contributed by atoms with Crippen LogP contribution < -0.4 is 10.6 Å². The zero-order chi connectivity index (χ0) is 20.0. The molecule has 1 aliphatic heterocycles. The molecule has 1 heterocycles. The van der Waals surface area contributed by atoms with Crippen molar-refractivity contribution in [2.24, 2.45) is 0 Å². The van der Waals surface area contributed by atoms with Crippen LogP contribution in [-0.4, -0.2) is 59.8 Å². The maximum Gasteiger partial charge on any atom is 0.319 e. The van der Waals surface area contributed by atoms with Gasteiger partial charge in [-0.3, -0.25) is 9.59 Å². The molecule has 27 heavy (non-hydrogen) atoms. The number of carboxylic acids is 1. The zero-order valence-electron chi connectivity index (χ0n) is 15.4. The molecule has 0 aliphatic carbocycles. The molecule has 0 aromatic heterocycles. The van der Waals surface area contributed by atoms with Crippen LogP contribution in [0.5, 0.6) is 0 Å². The average Bonchev–Trinajstić information content (AvgIpc) is 2.60. The Kier molecular flexibility index (Phi) is 6.73. The summed E-state index contributed by atoms with van der Waals surface area (Å²) in [5, 5.41) is 13.9. The lowest BCUT2D eigenvalue weighted by Gasteiger charge is -2.27. The number of carboxylic acid groups (broad SMARTS) is 1. The number of aliphatic carboxylic acids is 1. The first kappa shape index (κ1) is 20.6. The Morgan fingerprint density at radius 2 is 1.93 bits per heavy atom. The highest BCUT2D eigenvalue weighted by atomic mass is 19.1. The van der Waals surface area contributed by atoms with Crippen molar-refractivity contribution in [2.75, 3.05) is 31.6 Å². The largest absolute Gasteiger partial charge is 0.481 e. The van der Waals surface area contributed by atoms with Crippen LogP contribution >= 0.6 is 0 Å². The van der Waals surface area contributed by atoms with Crippen molar-refractivity contribution in [1.29, 1.82) is 0 Å². The molecule has 3 amide bonds. The number of carbonyl (C=O) groups is 3. The molecule has 1 aromatic rings. The van der Waals surface area contributed by atoms with Gasteiger partial charge < -0.3 is 25.4 Å². The highest BCUT2D eigenvalue weighted by Crippen LogP contribution is 2.18. The normalized spacial score (nSPS) is 14.6. The molecular formula is C18H24FN3O5. The van der Waals surface area contributed by atoms with E-state index in [2.05, 4.69) is 10.6 Å². The molecular weight excluding hydrogens is 357 g/mol. The zero-order valence-corrected chi connectivity index (χ0v) is 15.4. The second-order valence-corrected chi connectivity index (χ2v) is 6.96. The number of morpholine rings is 1. The van der Waals surface area contributed by atoms with Gasteiger partial charge in [0.15, 0.2) is 0 Å². The fourth-order valence-corrected chi connectivity index (χ4v) is 2.65. The highest BCUT2D eigenvalue weighted by molar-refractivity contribution is 5.96. The molecule has 1 fully saturated rings. The average molecular weight is 381 g/mol. The molecule has 3 N–H and O–H groups in total. The van der Waals surface area contributed by atoms with Crippen LogP contribution in [0, 0.1) is 5.82 Å². The number of hydrogen-bond donors (Lipinski definition) is 3. The number of nitrogens with zero attached hydrogens (tertiary/aromatic N) is 1. The molecule has 1 aromatic carbocycles. The lowest BCUT2D eigenvalue weighted by atomic mass is 9.99. The number of amides is 3. The van der Waals surface area contributed by atoms with E-state index in [-0.39, 0.29) is 24.1 Å². The number of halogens is 1. The summed E-state index contributed by atoms with van der Waals surface area (Å²) in [7, 11) is 0. The standard InChI is InChI=1S/C18H24FN3O5/c1-18(2,6-5-15(23)24)21-17(26)20-12-3-4-13(14(19)11-12)16(25)22-7-9-27-10-8-22/h3-4,11H,5-10H2,1-2H3,(H,23,24)(H2,20,21,26). The predicted octanol–water partition coefficient (Wildman–Crippen LogP) is 2.06. The van der Waals surface area contributed by atoms with Crippen molar-refractivity contribution in [3.8, 4) is 0 Å². The van der Waals surface area contributed by atoms with Crippen LogP contribution in [-0.2, 0) is 9.53 Å². The molecule has 8 nitrogen and oxygen atoms in total. The van der Waals surface area contributed by atoms with Gasteiger partial charge in [0.25, 0.3) is 5.91 Å². The summed E-state index contributed by atoms with van der Waals surface area (Å²) in [6, 6.07) is 3.27. The first-order valence-electron chi connectivity index (χ1n) is 8.65. The maximum absolute atomic E-state index is 14.3. The fraction of sp³-hybridized carbons (Fsp3) is 0.500. The van der Waals surface area contributed by atoms with Gasteiger partial charge in [-0.25, -0.2) is 9.18 Å². The SMILES string of the molecule is CC(C)(CCC(=O)O)NC(=O)Nc1ccc(C(=O)N2CCOCC2)c(F)c1. The second kappa shape index (κ2) is 8.81. The third-order valence-corrected chi connectivity index (χ3v) is 4.17. The van der Waals surface area contributed by atoms with Crippen molar-refractivity contribution < 1.29 is 28.6 Å². The van der Waals surface area contributed by atoms with E-state index < -0.39 is 29.3 Å². The van der Waals surface area contributed by atoms with Gasteiger partial charge in [0.1, 0.15) is 5.82 Å². The van der Waals surface area contributed by atoms with Gasteiger partial charge in [0.05, 0.1) is 18.8 Å². The highest BCUT2D eigenvalue weighted by Gasteiger charge is 2.23. The molecule has 1 aliphatic rings. The third kappa shape index (κ3) is 6.21. The number of hydrogen-bond acceptors (Lipinski definition) is 4. The van der Waals surface area contributed by atoms with E-state index in [0.717, 1.165) is 6.07 Å². The quantitative estimate of drug-likeness (QED) is 0.699. The van der Waals surface area contributed by atoms with Crippen LogP contribution in [0.25, 0.3) is 0 Å². The van der Waals surface area contributed by atoms with E-state index in [4.69, 9.17) is 9.84 Å². The van der Waals surface area contributed by atoms with Crippen LogP contribution in [0.2, 0.25) is 0 Å². The van der Waals surface area contributed by atoms with Crippen molar-refractivity contribution >= 4 is 23.6 Å². The molecule has 0 spiro atoms. The van der Waals surface area contributed by atoms with E-state index in [1.165, 1.54) is 17.0 Å². The Hall–Kier alpha value is -2.68. The number of benzene rings is 1. The minimum atomic E-state index is -0.951.